The van der Waals surface area contributed by atoms with Crippen molar-refractivity contribution in [3.05, 3.63) is 106 Å². The fourth-order valence-corrected chi connectivity index (χ4v) is 7.68. The number of fused-ring (bicyclic) bond motifs is 2. The predicted molar refractivity (Wildman–Crippen MR) is 266 cm³/mol. The molecule has 4 aromatic rings. The van der Waals surface area contributed by atoms with Crippen molar-refractivity contribution in [2.75, 3.05) is 19.7 Å². The number of urea groups is 2. The number of hydrogen-bond donors (Lipinski definition) is 4. The number of alkyl halides is 6. The molecule has 2 atom stereocenters. The van der Waals surface area contributed by atoms with E-state index in [1.807, 2.05) is 105 Å². The highest BCUT2D eigenvalue weighted by Crippen LogP contribution is 2.44. The summed E-state index contributed by atoms with van der Waals surface area (Å²) in [6, 6.07) is 21.6. The zero-order valence-electron chi connectivity index (χ0n) is 42.4. The van der Waals surface area contributed by atoms with E-state index < -0.39 is 37.3 Å². The number of rotatable bonds is 12. The number of esters is 1. The number of pyridine rings is 2. The third-order valence-electron chi connectivity index (χ3n) is 10.4. The van der Waals surface area contributed by atoms with Gasteiger partial charge in [0.2, 0.25) is 0 Å². The first-order valence-electron chi connectivity index (χ1n) is 24.0. The minimum atomic E-state index is -4.52. The molecule has 20 heteroatoms. The molecular formula is C51H69AlF6N8O5. The highest BCUT2D eigenvalue weighted by Gasteiger charge is 2.39. The van der Waals surface area contributed by atoms with E-state index in [2.05, 4.69) is 50.6 Å². The number of ether oxygens (including phenoxy) is 1. The molecule has 0 fully saturated rings. The molecular weight excluding hydrogens is 946 g/mol. The highest BCUT2D eigenvalue weighted by molar-refractivity contribution is 6.54. The van der Waals surface area contributed by atoms with Gasteiger partial charge >= 0.3 is 30.4 Å². The Balaban J connectivity index is 0.000000316. The van der Waals surface area contributed by atoms with Gasteiger partial charge in [0, 0.05) is 47.4 Å². The third kappa shape index (κ3) is 18.4. The van der Waals surface area contributed by atoms with E-state index in [1.165, 1.54) is 6.07 Å². The van der Waals surface area contributed by atoms with Crippen molar-refractivity contribution in [3.63, 3.8) is 0 Å². The molecule has 2 aliphatic heterocycles. The Kier molecular flexibility index (Phi) is 23.3. The van der Waals surface area contributed by atoms with Gasteiger partial charge in [-0.15, -0.1) is 17.4 Å². The Bertz CT molecular complexity index is 2350. The lowest BCUT2D eigenvalue weighted by Gasteiger charge is -2.27. The van der Waals surface area contributed by atoms with Crippen LogP contribution in [0.15, 0.2) is 72.8 Å². The zero-order valence-corrected chi connectivity index (χ0v) is 43.5. The van der Waals surface area contributed by atoms with Crippen LogP contribution in [0.2, 0.25) is 17.4 Å². The minimum Gasteiger partial charge on any atom is -0.461 e. The lowest BCUT2D eigenvalue weighted by Crippen LogP contribution is -2.42. The summed E-state index contributed by atoms with van der Waals surface area (Å²) in [4.78, 5) is 63.4. The average Bonchev–Trinajstić information content (AvgIpc) is 3.86. The molecule has 2 aliphatic rings. The van der Waals surface area contributed by atoms with Gasteiger partial charge in [0.05, 0.1) is 36.6 Å². The summed E-state index contributed by atoms with van der Waals surface area (Å²) in [7, 11) is 0. The summed E-state index contributed by atoms with van der Waals surface area (Å²) >= 11 is -0.139. The quantitative estimate of drug-likeness (QED) is 0.0617. The van der Waals surface area contributed by atoms with Gasteiger partial charge in [0.25, 0.3) is 20.1 Å². The Hall–Kier alpha value is -5.71. The average molecular weight is 1020 g/mol. The Morgan fingerprint density at radius 3 is 1.41 bits per heavy atom. The zero-order chi connectivity index (χ0) is 53.2. The van der Waals surface area contributed by atoms with Gasteiger partial charge in [-0.1, -0.05) is 87.4 Å². The summed E-state index contributed by atoms with van der Waals surface area (Å²) in [6.07, 6.45) is -5.42. The van der Waals surface area contributed by atoms with Crippen molar-refractivity contribution in [2.45, 2.75) is 141 Å². The monoisotopic (exact) mass is 1010 g/mol. The van der Waals surface area contributed by atoms with Gasteiger partial charge in [-0.3, -0.25) is 4.79 Å². The standard InChI is InChI=1S/C23H27F3N4O2.C23H29N3O3.C2H4F3N.3CH3.Al/c1-4-8-18-19-16(12-30(18)22(32)28-14(2)3)11-17(21(31)27-13-23(24,25)26)29-20(19)15-9-6-5-7-10-15;1-5-10-19-20-17(14-26(19)23(28)24-15(3)4)13-18(22(27)29-6-2)25-21(20)16-11-8-7-9-12-16;3-2(4,5)1-6;;;;/h5-7,9-11,14,18H,4,8,12-13H2,1-3H3,(H,27,31)(H,28,32);7-9,11-13,15,19H,5-6,10,14H2,1-4H3,(H,24,28);1,6H2;3*1H3;/t18-;19-;;;;;/m11...../s1. The van der Waals surface area contributed by atoms with Crippen molar-refractivity contribution < 1.29 is 50.3 Å². The van der Waals surface area contributed by atoms with Gasteiger partial charge in [0.15, 0.2) is 0 Å². The van der Waals surface area contributed by atoms with Gasteiger partial charge in [-0.2, -0.15) is 26.3 Å². The minimum absolute atomic E-state index is 0.0512. The predicted octanol–water partition coefficient (Wildman–Crippen LogP) is 11.4. The first-order valence-corrected chi connectivity index (χ1v) is 27.4. The van der Waals surface area contributed by atoms with Gasteiger partial charge in [0.1, 0.15) is 17.9 Å². The summed E-state index contributed by atoms with van der Waals surface area (Å²) in [6.45, 7) is 11.9. The molecule has 0 saturated heterocycles. The van der Waals surface area contributed by atoms with Crippen LogP contribution in [0.4, 0.5) is 35.9 Å². The Labute approximate surface area is 418 Å². The molecule has 4 heterocycles. The van der Waals surface area contributed by atoms with E-state index in [1.54, 1.807) is 17.9 Å². The molecule has 71 heavy (non-hydrogen) atoms. The maximum Gasteiger partial charge on any atom is 0.405 e. The second-order valence-corrected chi connectivity index (χ2v) is 21.7. The number of nitrogens with zero attached hydrogens (tertiary/aromatic N) is 4. The highest BCUT2D eigenvalue weighted by atomic mass is 27.2. The van der Waals surface area contributed by atoms with Crippen LogP contribution in [0.5, 0.6) is 0 Å². The topological polar surface area (TPSA) is 172 Å². The summed E-state index contributed by atoms with van der Waals surface area (Å²) in [5, 5.41) is 7.79. The number of nitrogens with two attached hydrogens (primary N) is 1. The van der Waals surface area contributed by atoms with Crippen molar-refractivity contribution >= 4 is 38.1 Å². The number of halogens is 6. The van der Waals surface area contributed by atoms with E-state index in [0.717, 1.165) is 52.8 Å². The van der Waals surface area contributed by atoms with E-state index >= 15 is 0 Å². The van der Waals surface area contributed by atoms with Crippen LogP contribution < -0.4 is 21.7 Å². The number of amides is 5. The molecule has 0 unspecified atom stereocenters. The van der Waals surface area contributed by atoms with Crippen LogP contribution >= 0.6 is 0 Å². The van der Waals surface area contributed by atoms with E-state index in [0.29, 0.717) is 30.8 Å². The normalized spacial score (nSPS) is 14.7. The number of nitrogens with one attached hydrogen (secondary N) is 3. The second-order valence-electron chi connectivity index (χ2n) is 18.2. The Morgan fingerprint density at radius 1 is 0.690 bits per heavy atom. The SMILES string of the molecule is CCC[C@@H]1c2c(cc(C(=O)NCC(F)(F)F)nc2-c2ccccc2)CN1C(=O)NC(C)C.CCC[C@@H]1c2c(cc(C(=O)OCC)nc2-c2ccccc2)CN1C(=O)NC(C)C.NCC(F)(F)F.[CH3][Al]([CH3])[CH3]. The van der Waals surface area contributed by atoms with Crippen LogP contribution in [0.1, 0.15) is 129 Å². The molecule has 0 spiro atoms. The lowest BCUT2D eigenvalue weighted by atomic mass is 9.95. The summed E-state index contributed by atoms with van der Waals surface area (Å²) in [5.41, 5.74) is 10.8. The number of benzene rings is 2. The number of carbonyl (C=O) groups is 4. The number of aromatic nitrogens is 2. The summed E-state index contributed by atoms with van der Waals surface area (Å²) < 4.78 is 74.9. The fourth-order valence-electron chi connectivity index (χ4n) is 7.68. The third-order valence-corrected chi connectivity index (χ3v) is 10.4. The van der Waals surface area contributed by atoms with E-state index in [-0.39, 0.29) is 68.3 Å². The van der Waals surface area contributed by atoms with Crippen LogP contribution in [-0.2, 0) is 17.8 Å². The van der Waals surface area contributed by atoms with E-state index in [4.69, 9.17) is 4.74 Å². The van der Waals surface area contributed by atoms with Crippen molar-refractivity contribution in [1.29, 1.82) is 0 Å². The Morgan fingerprint density at radius 2 is 1.07 bits per heavy atom. The maximum atomic E-state index is 12.9. The lowest BCUT2D eigenvalue weighted by molar-refractivity contribution is -0.123. The fraction of sp³-hybridized carbons (Fsp3) is 0.490. The van der Waals surface area contributed by atoms with Crippen LogP contribution in [-0.4, -0.2) is 102 Å². The molecule has 6 rings (SSSR count). The molecule has 2 aromatic carbocycles. The molecule has 5 amide bonds. The van der Waals surface area contributed by atoms with Crippen molar-refractivity contribution in [3.8, 4) is 22.5 Å². The molecule has 13 nitrogen and oxygen atoms in total. The molecule has 5 N–H and O–H groups in total. The molecule has 2 aromatic heterocycles. The van der Waals surface area contributed by atoms with Gasteiger partial charge in [-0.25, -0.2) is 24.4 Å². The molecule has 0 aliphatic carbocycles. The molecule has 0 bridgehead atoms. The first-order chi connectivity index (χ1) is 33.4. The van der Waals surface area contributed by atoms with Crippen LogP contribution in [0.3, 0.4) is 0 Å². The van der Waals surface area contributed by atoms with Gasteiger partial charge < -0.3 is 36.2 Å². The largest absolute Gasteiger partial charge is 0.461 e. The number of hydrogen-bond acceptors (Lipinski definition) is 8. The van der Waals surface area contributed by atoms with Crippen molar-refractivity contribution in [2.24, 2.45) is 5.73 Å². The van der Waals surface area contributed by atoms with E-state index in [9.17, 15) is 45.5 Å². The molecule has 0 saturated carbocycles. The van der Waals surface area contributed by atoms with Crippen LogP contribution in [0.25, 0.3) is 22.5 Å². The molecule has 0 radical (unpaired) electrons. The van der Waals surface area contributed by atoms with Crippen LogP contribution in [0, 0.1) is 0 Å². The summed E-state index contributed by atoms with van der Waals surface area (Å²) in [5.74, 6) is 5.57. The smallest absolute Gasteiger partial charge is 0.405 e. The molecule has 388 valence electrons. The second kappa shape index (κ2) is 27.8. The van der Waals surface area contributed by atoms with Crippen molar-refractivity contribution in [1.82, 2.24) is 35.7 Å². The van der Waals surface area contributed by atoms with Gasteiger partial charge in [-0.05, 0) is 70.7 Å². The first kappa shape index (κ1) is 59.6. The maximum absolute atomic E-state index is 12.9. The number of carbonyl (C=O) groups excluding carboxylic acids is 4.